The van der Waals surface area contributed by atoms with Crippen molar-refractivity contribution >= 4 is 0 Å². The van der Waals surface area contributed by atoms with Crippen LogP contribution in [0.1, 0.15) is 22.3 Å². The van der Waals surface area contributed by atoms with Gasteiger partial charge in [0.2, 0.25) is 0 Å². The van der Waals surface area contributed by atoms with E-state index in [-0.39, 0.29) is 5.75 Å². The van der Waals surface area contributed by atoms with E-state index in [1.54, 1.807) is 7.11 Å². The molecule has 2 heteroatoms. The second kappa shape index (κ2) is 8.66. The van der Waals surface area contributed by atoms with Crippen molar-refractivity contribution in [2.24, 2.45) is 0 Å². The number of benzene rings is 4. The minimum atomic E-state index is 0.271. The van der Waals surface area contributed by atoms with Crippen molar-refractivity contribution in [3.05, 3.63) is 119 Å². The van der Waals surface area contributed by atoms with Crippen LogP contribution in [0.3, 0.4) is 0 Å². The summed E-state index contributed by atoms with van der Waals surface area (Å²) in [5.41, 5.74) is 6.42. The number of ether oxygens (including phenoxy) is 1. The largest absolute Gasteiger partial charge is 0.507 e. The molecule has 0 amide bonds. The number of aromatic hydroxyl groups is 1. The van der Waals surface area contributed by atoms with E-state index >= 15 is 0 Å². The Labute approximate surface area is 172 Å². The van der Waals surface area contributed by atoms with Gasteiger partial charge in [-0.1, -0.05) is 84.9 Å². The zero-order valence-corrected chi connectivity index (χ0v) is 16.5. The lowest BCUT2D eigenvalue weighted by atomic mass is 9.96. The third-order valence-corrected chi connectivity index (χ3v) is 5.12. The molecular formula is C27H24O2. The van der Waals surface area contributed by atoms with Gasteiger partial charge in [-0.25, -0.2) is 0 Å². The van der Waals surface area contributed by atoms with Crippen LogP contribution in [-0.2, 0) is 12.8 Å². The van der Waals surface area contributed by atoms with Crippen LogP contribution >= 0.6 is 0 Å². The van der Waals surface area contributed by atoms with Crippen molar-refractivity contribution < 1.29 is 9.84 Å². The predicted molar refractivity (Wildman–Crippen MR) is 119 cm³/mol. The summed E-state index contributed by atoms with van der Waals surface area (Å²) in [6, 6.07) is 32.7. The summed E-state index contributed by atoms with van der Waals surface area (Å²) in [4.78, 5) is 0. The molecule has 0 heterocycles. The number of rotatable bonds is 6. The Kier molecular flexibility index (Phi) is 5.62. The van der Waals surface area contributed by atoms with Crippen molar-refractivity contribution in [3.63, 3.8) is 0 Å². The molecule has 0 bridgehead atoms. The molecule has 0 atom stereocenters. The molecule has 4 aromatic rings. The van der Waals surface area contributed by atoms with E-state index < -0.39 is 0 Å². The van der Waals surface area contributed by atoms with Gasteiger partial charge in [-0.05, 0) is 47.2 Å². The minimum Gasteiger partial charge on any atom is -0.507 e. The van der Waals surface area contributed by atoms with Gasteiger partial charge in [-0.15, -0.1) is 0 Å². The molecule has 4 rings (SSSR count). The first kappa shape index (κ1) is 18.8. The lowest BCUT2D eigenvalue weighted by molar-refractivity contribution is 0.415. The summed E-state index contributed by atoms with van der Waals surface area (Å²) >= 11 is 0. The van der Waals surface area contributed by atoms with Crippen molar-refractivity contribution in [1.82, 2.24) is 0 Å². The monoisotopic (exact) mass is 380 g/mol. The maximum Gasteiger partial charge on any atom is 0.127 e. The number of hydrogen-bond acceptors (Lipinski definition) is 2. The molecule has 0 fully saturated rings. The van der Waals surface area contributed by atoms with Crippen LogP contribution in [0.4, 0.5) is 0 Å². The Bertz CT molecular complexity index is 1090. The Morgan fingerprint density at radius 3 is 1.62 bits per heavy atom. The van der Waals surface area contributed by atoms with Gasteiger partial charge in [0.15, 0.2) is 0 Å². The molecular weight excluding hydrogens is 356 g/mol. The van der Waals surface area contributed by atoms with Crippen LogP contribution in [-0.4, -0.2) is 12.2 Å². The topological polar surface area (TPSA) is 29.5 Å². The van der Waals surface area contributed by atoms with Gasteiger partial charge in [0.1, 0.15) is 11.5 Å². The van der Waals surface area contributed by atoms with E-state index in [0.717, 1.165) is 35.3 Å². The van der Waals surface area contributed by atoms with Gasteiger partial charge in [0, 0.05) is 11.1 Å². The summed E-state index contributed by atoms with van der Waals surface area (Å²) in [5, 5.41) is 10.7. The first-order valence-corrected chi connectivity index (χ1v) is 9.80. The second-order valence-corrected chi connectivity index (χ2v) is 7.21. The quantitative estimate of drug-likeness (QED) is 0.428. The fourth-order valence-electron chi connectivity index (χ4n) is 3.65. The molecule has 0 saturated heterocycles. The lowest BCUT2D eigenvalue weighted by Crippen LogP contribution is -1.94. The maximum absolute atomic E-state index is 10.7. The van der Waals surface area contributed by atoms with Crippen molar-refractivity contribution in [1.29, 1.82) is 0 Å². The SMILES string of the molecule is COc1cc(Cc2ccccc2)ccc1-c1ccc(Cc2ccccc2)cc1O. The average Bonchev–Trinajstić information content (AvgIpc) is 2.75. The predicted octanol–water partition coefficient (Wildman–Crippen LogP) is 6.25. The van der Waals surface area contributed by atoms with Gasteiger partial charge in [0.25, 0.3) is 0 Å². The van der Waals surface area contributed by atoms with Gasteiger partial charge >= 0.3 is 0 Å². The maximum atomic E-state index is 10.7. The molecule has 4 aromatic carbocycles. The molecule has 0 saturated carbocycles. The van der Waals surface area contributed by atoms with E-state index in [9.17, 15) is 5.11 Å². The van der Waals surface area contributed by atoms with Crippen molar-refractivity contribution in [2.45, 2.75) is 12.8 Å². The average molecular weight is 380 g/mol. The summed E-state index contributed by atoms with van der Waals surface area (Å²) in [6.45, 7) is 0. The van der Waals surface area contributed by atoms with Gasteiger partial charge in [0.05, 0.1) is 7.11 Å². The van der Waals surface area contributed by atoms with Crippen molar-refractivity contribution in [2.75, 3.05) is 7.11 Å². The summed E-state index contributed by atoms with van der Waals surface area (Å²) in [7, 11) is 1.67. The van der Waals surface area contributed by atoms with Gasteiger partial charge in [-0.2, -0.15) is 0 Å². The summed E-state index contributed by atoms with van der Waals surface area (Å²) < 4.78 is 5.65. The molecule has 144 valence electrons. The third kappa shape index (κ3) is 4.49. The fourth-order valence-corrected chi connectivity index (χ4v) is 3.65. The molecule has 2 nitrogen and oxygen atoms in total. The van der Waals surface area contributed by atoms with E-state index in [4.69, 9.17) is 4.74 Å². The second-order valence-electron chi connectivity index (χ2n) is 7.21. The van der Waals surface area contributed by atoms with Gasteiger partial charge in [-0.3, -0.25) is 0 Å². The minimum absolute atomic E-state index is 0.271. The molecule has 1 N–H and O–H groups in total. The Morgan fingerprint density at radius 2 is 1.10 bits per heavy atom. The van der Waals surface area contributed by atoms with Crippen LogP contribution < -0.4 is 4.74 Å². The third-order valence-electron chi connectivity index (χ3n) is 5.12. The van der Waals surface area contributed by atoms with Crippen LogP contribution in [0.25, 0.3) is 11.1 Å². The number of methoxy groups -OCH3 is 1. The standard InChI is InChI=1S/C27H24O2/c1-29-27-19-23(17-21-10-6-3-7-11-21)13-15-25(27)24-14-12-22(18-26(24)28)16-20-8-4-2-5-9-20/h2-15,18-19,28H,16-17H2,1H3. The van der Waals surface area contributed by atoms with E-state index in [2.05, 4.69) is 54.6 Å². The van der Waals surface area contributed by atoms with Crippen LogP contribution in [0.15, 0.2) is 97.1 Å². The van der Waals surface area contributed by atoms with E-state index in [1.807, 2.05) is 42.5 Å². The highest BCUT2D eigenvalue weighted by Crippen LogP contribution is 2.37. The normalized spacial score (nSPS) is 10.7. The molecule has 29 heavy (non-hydrogen) atoms. The number of phenols is 1. The Hall–Kier alpha value is -3.52. The highest BCUT2D eigenvalue weighted by atomic mass is 16.5. The lowest BCUT2D eigenvalue weighted by Gasteiger charge is -2.13. The highest BCUT2D eigenvalue weighted by Gasteiger charge is 2.12. The Balaban J connectivity index is 1.60. The first-order valence-electron chi connectivity index (χ1n) is 9.80. The zero-order valence-electron chi connectivity index (χ0n) is 16.5. The zero-order chi connectivity index (χ0) is 20.1. The molecule has 0 unspecified atom stereocenters. The van der Waals surface area contributed by atoms with Crippen molar-refractivity contribution in [3.8, 4) is 22.6 Å². The number of hydrogen-bond donors (Lipinski definition) is 1. The van der Waals surface area contributed by atoms with E-state index in [0.29, 0.717) is 0 Å². The fraction of sp³-hybridized carbons (Fsp3) is 0.111. The molecule has 0 aromatic heterocycles. The number of phenolic OH excluding ortho intramolecular Hbond substituents is 1. The highest BCUT2D eigenvalue weighted by molar-refractivity contribution is 5.76. The van der Waals surface area contributed by atoms with Crippen LogP contribution in [0.5, 0.6) is 11.5 Å². The first-order chi connectivity index (χ1) is 14.2. The summed E-state index contributed by atoms with van der Waals surface area (Å²) in [5.74, 6) is 1.04. The molecule has 0 aliphatic rings. The van der Waals surface area contributed by atoms with Crippen LogP contribution in [0, 0.1) is 0 Å². The molecule has 0 aliphatic heterocycles. The van der Waals surface area contributed by atoms with Gasteiger partial charge < -0.3 is 9.84 Å². The Morgan fingerprint density at radius 1 is 0.586 bits per heavy atom. The van der Waals surface area contributed by atoms with Crippen LogP contribution in [0.2, 0.25) is 0 Å². The van der Waals surface area contributed by atoms with E-state index in [1.165, 1.54) is 16.7 Å². The smallest absolute Gasteiger partial charge is 0.127 e. The molecule has 0 radical (unpaired) electrons. The molecule has 0 spiro atoms. The summed E-state index contributed by atoms with van der Waals surface area (Å²) in [6.07, 6.45) is 1.64. The molecule has 0 aliphatic carbocycles.